The molecule has 3 nitrogen and oxygen atoms in total. The normalized spacial score (nSPS) is 16.4. The number of piperazine rings is 1. The zero-order valence-corrected chi connectivity index (χ0v) is 13.1. The molecule has 1 fully saturated rings. The molecule has 0 amide bonds. The highest BCUT2D eigenvalue weighted by Gasteiger charge is 2.25. The number of nitrogens with one attached hydrogen (secondary N) is 2. The number of hydrogen-bond acceptors (Lipinski definition) is 1. The molecule has 0 saturated carbocycles. The summed E-state index contributed by atoms with van der Waals surface area (Å²) in [5.41, 5.74) is 1.41. The number of quaternary nitrogens is 1. The van der Waals surface area contributed by atoms with Gasteiger partial charge in [0.15, 0.2) is 0 Å². The lowest BCUT2D eigenvalue weighted by Crippen LogP contribution is -3.13. The fourth-order valence-electron chi connectivity index (χ4n) is 2.76. The van der Waals surface area contributed by atoms with Gasteiger partial charge < -0.3 is 4.90 Å². The number of benzene rings is 1. The minimum Gasteiger partial charge on any atom is -0.325 e. The summed E-state index contributed by atoms with van der Waals surface area (Å²) >= 11 is 3.55. The van der Waals surface area contributed by atoms with Crippen molar-refractivity contribution in [3.05, 3.63) is 58.7 Å². The smallest absolute Gasteiger partial charge is 0.274 e. The molecule has 0 bridgehead atoms. The van der Waals surface area contributed by atoms with Crippen molar-refractivity contribution in [3.63, 3.8) is 0 Å². The molecule has 0 aliphatic carbocycles. The molecule has 0 atom stereocenters. The summed E-state index contributed by atoms with van der Waals surface area (Å²) in [4.78, 5) is 7.42. The largest absolute Gasteiger partial charge is 0.325 e. The topological polar surface area (TPSA) is 21.8 Å². The van der Waals surface area contributed by atoms with Crippen LogP contribution in [0.15, 0.2) is 53.1 Å². The molecule has 1 aromatic carbocycles. The molecule has 0 spiro atoms. The maximum absolute atomic E-state index is 3.55. The van der Waals surface area contributed by atoms with Crippen LogP contribution in [0.3, 0.4) is 0 Å². The molecule has 4 heteroatoms. The summed E-state index contributed by atoms with van der Waals surface area (Å²) in [6, 6.07) is 14.9. The van der Waals surface area contributed by atoms with Crippen LogP contribution in [0.25, 0.3) is 0 Å². The molecule has 1 aliphatic rings. The van der Waals surface area contributed by atoms with Gasteiger partial charge in [0.25, 0.3) is 5.82 Å². The van der Waals surface area contributed by atoms with Gasteiger partial charge in [-0.1, -0.05) is 34.1 Å². The van der Waals surface area contributed by atoms with Crippen LogP contribution in [0.2, 0.25) is 0 Å². The van der Waals surface area contributed by atoms with Crippen LogP contribution < -0.4 is 14.8 Å². The number of pyridine rings is 1. The summed E-state index contributed by atoms with van der Waals surface area (Å²) in [5, 5.41) is 0. The Morgan fingerprint density at radius 1 is 1.10 bits per heavy atom. The Labute approximate surface area is 128 Å². The van der Waals surface area contributed by atoms with Crippen molar-refractivity contribution >= 4 is 21.7 Å². The van der Waals surface area contributed by atoms with Crippen LogP contribution in [0, 0.1) is 0 Å². The van der Waals surface area contributed by atoms with E-state index in [0.29, 0.717) is 0 Å². The quantitative estimate of drug-likeness (QED) is 0.894. The zero-order valence-electron chi connectivity index (χ0n) is 11.5. The molecule has 0 radical (unpaired) electrons. The first-order chi connectivity index (χ1) is 9.81. The van der Waals surface area contributed by atoms with Crippen molar-refractivity contribution in [1.29, 1.82) is 0 Å². The van der Waals surface area contributed by atoms with Crippen LogP contribution in [-0.4, -0.2) is 26.2 Å². The lowest BCUT2D eigenvalue weighted by molar-refractivity contribution is -0.914. The SMILES string of the molecule is Brc1cccc(C[NH+]2CCN(c3cccc[nH+]3)CC2)c1. The standard InChI is InChI=1S/C16H18BrN3/c17-15-5-3-4-14(12-15)13-19-8-10-20(11-9-19)16-6-1-2-7-18-16/h1-7,12H,8-11,13H2/p+2. The third kappa shape index (κ3) is 3.38. The van der Waals surface area contributed by atoms with Crippen LogP contribution in [0.5, 0.6) is 0 Å². The number of rotatable bonds is 3. The van der Waals surface area contributed by atoms with E-state index in [0.717, 1.165) is 19.6 Å². The van der Waals surface area contributed by atoms with Crippen molar-refractivity contribution in [1.82, 2.24) is 0 Å². The Morgan fingerprint density at radius 2 is 1.95 bits per heavy atom. The van der Waals surface area contributed by atoms with Gasteiger partial charge in [-0.3, -0.25) is 4.90 Å². The molecular weight excluding hydrogens is 314 g/mol. The van der Waals surface area contributed by atoms with Gasteiger partial charge in [-0.05, 0) is 18.2 Å². The van der Waals surface area contributed by atoms with Gasteiger partial charge in [-0.25, -0.2) is 4.98 Å². The number of nitrogens with zero attached hydrogens (tertiary/aromatic N) is 1. The zero-order chi connectivity index (χ0) is 13.8. The first kappa shape index (κ1) is 13.6. The monoisotopic (exact) mass is 333 g/mol. The minimum absolute atomic E-state index is 1.11. The average molecular weight is 334 g/mol. The molecular formula is C16H20BrN3+2. The highest BCUT2D eigenvalue weighted by molar-refractivity contribution is 9.10. The summed E-state index contributed by atoms with van der Waals surface area (Å²) in [6.45, 7) is 5.73. The van der Waals surface area contributed by atoms with Gasteiger partial charge in [0.05, 0.1) is 6.20 Å². The summed E-state index contributed by atoms with van der Waals surface area (Å²) in [7, 11) is 0. The van der Waals surface area contributed by atoms with Crippen molar-refractivity contribution in [3.8, 4) is 0 Å². The Morgan fingerprint density at radius 3 is 2.65 bits per heavy atom. The van der Waals surface area contributed by atoms with Crippen LogP contribution in [0.4, 0.5) is 5.82 Å². The number of aromatic amines is 1. The first-order valence-corrected chi connectivity index (χ1v) is 7.90. The molecule has 3 rings (SSSR count). The predicted octanol–water partition coefficient (Wildman–Crippen LogP) is 1.17. The average Bonchev–Trinajstić information content (AvgIpc) is 2.49. The van der Waals surface area contributed by atoms with Gasteiger partial charge in [-0.2, -0.15) is 0 Å². The van der Waals surface area contributed by atoms with E-state index in [-0.39, 0.29) is 0 Å². The van der Waals surface area contributed by atoms with Crippen LogP contribution >= 0.6 is 15.9 Å². The first-order valence-electron chi connectivity index (χ1n) is 7.11. The van der Waals surface area contributed by atoms with E-state index in [4.69, 9.17) is 0 Å². The summed E-state index contributed by atoms with van der Waals surface area (Å²) in [5.74, 6) is 1.23. The van der Waals surface area contributed by atoms with Crippen molar-refractivity contribution < 1.29 is 9.88 Å². The maximum atomic E-state index is 3.55. The van der Waals surface area contributed by atoms with Gasteiger partial charge in [0.1, 0.15) is 32.7 Å². The Balaban J connectivity index is 1.56. The molecule has 0 unspecified atom stereocenters. The van der Waals surface area contributed by atoms with E-state index < -0.39 is 0 Å². The third-order valence-corrected chi connectivity index (χ3v) is 4.34. The van der Waals surface area contributed by atoms with Crippen LogP contribution in [-0.2, 0) is 6.54 Å². The van der Waals surface area contributed by atoms with E-state index in [2.05, 4.69) is 62.2 Å². The molecule has 1 aliphatic heterocycles. The maximum Gasteiger partial charge on any atom is 0.274 e. The molecule has 1 saturated heterocycles. The van der Waals surface area contributed by atoms with E-state index in [1.54, 1.807) is 4.90 Å². The van der Waals surface area contributed by atoms with Crippen molar-refractivity contribution in [2.24, 2.45) is 0 Å². The molecule has 20 heavy (non-hydrogen) atoms. The van der Waals surface area contributed by atoms with Gasteiger partial charge in [-0.15, -0.1) is 0 Å². The summed E-state index contributed by atoms with van der Waals surface area (Å²) < 4.78 is 1.17. The Hall–Kier alpha value is -1.39. The molecule has 104 valence electrons. The number of anilines is 1. The van der Waals surface area contributed by atoms with Crippen LogP contribution in [0.1, 0.15) is 5.56 Å². The number of hydrogen-bond donors (Lipinski definition) is 1. The Bertz CT molecular complexity index is 551. The number of aromatic nitrogens is 1. The van der Waals surface area contributed by atoms with Gasteiger partial charge in [0, 0.05) is 16.1 Å². The number of H-pyrrole nitrogens is 1. The highest BCUT2D eigenvalue weighted by Crippen LogP contribution is 2.11. The van der Waals surface area contributed by atoms with Gasteiger partial charge >= 0.3 is 0 Å². The minimum atomic E-state index is 1.11. The molecule has 2 aromatic rings. The second-order valence-corrected chi connectivity index (χ2v) is 6.21. The van der Waals surface area contributed by atoms with E-state index >= 15 is 0 Å². The van der Waals surface area contributed by atoms with E-state index in [1.165, 1.54) is 28.9 Å². The molecule has 2 heterocycles. The lowest BCUT2D eigenvalue weighted by Gasteiger charge is -2.28. The predicted molar refractivity (Wildman–Crippen MR) is 83.8 cm³/mol. The fraction of sp³-hybridized carbons (Fsp3) is 0.312. The van der Waals surface area contributed by atoms with Crippen molar-refractivity contribution in [2.75, 3.05) is 31.1 Å². The van der Waals surface area contributed by atoms with Gasteiger partial charge in [0.2, 0.25) is 0 Å². The van der Waals surface area contributed by atoms with Crippen molar-refractivity contribution in [2.45, 2.75) is 6.54 Å². The second-order valence-electron chi connectivity index (χ2n) is 5.29. The fourth-order valence-corrected chi connectivity index (χ4v) is 3.20. The summed E-state index contributed by atoms with van der Waals surface area (Å²) in [6.07, 6.45) is 2.00. The molecule has 2 N–H and O–H groups in total. The third-order valence-electron chi connectivity index (χ3n) is 3.85. The second kappa shape index (κ2) is 6.37. The lowest BCUT2D eigenvalue weighted by atomic mass is 10.2. The Kier molecular flexibility index (Phi) is 4.33. The van der Waals surface area contributed by atoms with E-state index in [9.17, 15) is 0 Å². The number of halogens is 1. The highest BCUT2D eigenvalue weighted by atomic mass is 79.9. The van der Waals surface area contributed by atoms with E-state index in [1.807, 2.05) is 12.3 Å². The molecule has 1 aromatic heterocycles.